The summed E-state index contributed by atoms with van der Waals surface area (Å²) in [7, 11) is 1.40. The lowest BCUT2D eigenvalue weighted by molar-refractivity contribution is -0.139. The molecule has 4 rings (SSSR count). The standard InChI is InChI=1S/C24H26FN7O3/c1-34-22-10-21(25)20(9-17(22)11-26)23-13-31-6-7-32(12-19(31)14-35-23)24(33)8-16-2-4-18(5-3-16)28-15-29-30-27/h2-5,9-10,15,19,23H,6-8,12-14H2,1H3,(H2,27,28,29). The van der Waals surface area contributed by atoms with E-state index in [1.54, 1.807) is 0 Å². The highest BCUT2D eigenvalue weighted by Crippen LogP contribution is 2.32. The minimum absolute atomic E-state index is 0.0361. The quantitative estimate of drug-likeness (QED) is 0.272. The number of halogens is 1. The number of methoxy groups -OCH3 is 1. The van der Waals surface area contributed by atoms with Gasteiger partial charge in [-0.05, 0) is 23.8 Å². The molecule has 0 aromatic heterocycles. The molecule has 0 bridgehead atoms. The number of benzene rings is 2. The molecule has 2 N–H and O–H groups in total. The molecule has 0 radical (unpaired) electrons. The normalized spacial score (nSPS) is 20.2. The molecule has 0 aliphatic carbocycles. The molecule has 2 atom stereocenters. The molecule has 2 aromatic rings. The SMILES string of the molecule is COc1cc(F)c(C2CN3CCN(C(=O)Cc4ccc(N/C=N\N=N)cc4)CC3CO2)cc1C#N. The number of amides is 1. The Bertz CT molecular complexity index is 1150. The van der Waals surface area contributed by atoms with Gasteiger partial charge in [0.05, 0.1) is 37.8 Å². The number of nitrogens with zero attached hydrogens (tertiary/aromatic N) is 5. The van der Waals surface area contributed by atoms with Gasteiger partial charge in [0.25, 0.3) is 0 Å². The summed E-state index contributed by atoms with van der Waals surface area (Å²) in [6.45, 7) is 2.67. The van der Waals surface area contributed by atoms with Gasteiger partial charge in [-0.2, -0.15) is 10.8 Å². The van der Waals surface area contributed by atoms with Crippen LogP contribution in [-0.4, -0.2) is 68.0 Å². The highest BCUT2D eigenvalue weighted by Gasteiger charge is 2.36. The van der Waals surface area contributed by atoms with Crippen molar-refractivity contribution in [2.75, 3.05) is 45.2 Å². The average Bonchev–Trinajstić information content (AvgIpc) is 2.89. The second-order valence-electron chi connectivity index (χ2n) is 8.36. The number of nitriles is 1. The van der Waals surface area contributed by atoms with E-state index in [0.717, 1.165) is 11.3 Å². The maximum atomic E-state index is 14.7. The van der Waals surface area contributed by atoms with Crippen LogP contribution in [0.25, 0.3) is 0 Å². The van der Waals surface area contributed by atoms with E-state index in [1.807, 2.05) is 35.2 Å². The molecule has 10 nitrogen and oxygen atoms in total. The van der Waals surface area contributed by atoms with Crippen LogP contribution < -0.4 is 10.1 Å². The fourth-order valence-corrected chi connectivity index (χ4v) is 4.41. The van der Waals surface area contributed by atoms with E-state index in [-0.39, 0.29) is 23.3 Å². The zero-order valence-electron chi connectivity index (χ0n) is 19.3. The first-order valence-electron chi connectivity index (χ1n) is 11.2. The number of hydrogen-bond acceptors (Lipinski definition) is 7. The molecule has 2 unspecified atom stereocenters. The van der Waals surface area contributed by atoms with E-state index in [4.69, 9.17) is 15.0 Å². The number of ether oxygens (including phenoxy) is 2. The predicted molar refractivity (Wildman–Crippen MR) is 126 cm³/mol. The van der Waals surface area contributed by atoms with Crippen LogP contribution in [0.4, 0.5) is 10.1 Å². The van der Waals surface area contributed by atoms with Gasteiger partial charge in [-0.1, -0.05) is 17.4 Å². The van der Waals surface area contributed by atoms with E-state index in [2.05, 4.69) is 20.5 Å². The molecule has 1 amide bonds. The lowest BCUT2D eigenvalue weighted by atomic mass is 10.0. The Hall–Kier alpha value is -3.88. The Morgan fingerprint density at radius 2 is 2.14 bits per heavy atom. The minimum atomic E-state index is -0.488. The number of fused-ring (bicyclic) bond motifs is 1. The molecule has 2 heterocycles. The smallest absolute Gasteiger partial charge is 0.227 e. The van der Waals surface area contributed by atoms with Crippen LogP contribution in [0.15, 0.2) is 46.7 Å². The van der Waals surface area contributed by atoms with Crippen LogP contribution in [0.2, 0.25) is 0 Å². The highest BCUT2D eigenvalue weighted by atomic mass is 19.1. The van der Waals surface area contributed by atoms with Gasteiger partial charge in [-0.15, -0.1) is 5.10 Å². The maximum Gasteiger partial charge on any atom is 0.227 e. The predicted octanol–water partition coefficient (Wildman–Crippen LogP) is 2.92. The fourth-order valence-electron chi connectivity index (χ4n) is 4.41. The van der Waals surface area contributed by atoms with Crippen LogP contribution in [0.3, 0.4) is 0 Å². The van der Waals surface area contributed by atoms with Gasteiger partial charge in [-0.25, -0.2) is 4.39 Å². The van der Waals surface area contributed by atoms with Gasteiger partial charge >= 0.3 is 0 Å². The second-order valence-corrected chi connectivity index (χ2v) is 8.36. The van der Waals surface area contributed by atoms with Gasteiger partial charge in [0.1, 0.15) is 24.0 Å². The van der Waals surface area contributed by atoms with Crippen LogP contribution in [0.5, 0.6) is 5.75 Å². The van der Waals surface area contributed by atoms with Gasteiger partial charge in [0.15, 0.2) is 0 Å². The molecule has 182 valence electrons. The Morgan fingerprint density at radius 1 is 1.34 bits per heavy atom. The summed E-state index contributed by atoms with van der Waals surface area (Å²) in [5.74, 6) is -0.214. The molecule has 0 saturated carbocycles. The summed E-state index contributed by atoms with van der Waals surface area (Å²) in [6, 6.07) is 12.2. The first kappa shape index (κ1) is 24.3. The Morgan fingerprint density at radius 3 is 2.86 bits per heavy atom. The van der Waals surface area contributed by atoms with Crippen LogP contribution >= 0.6 is 0 Å². The van der Waals surface area contributed by atoms with Crippen LogP contribution in [0.1, 0.15) is 22.8 Å². The molecule has 2 fully saturated rings. The van der Waals surface area contributed by atoms with E-state index in [1.165, 1.54) is 25.6 Å². The van der Waals surface area contributed by atoms with Crippen molar-refractivity contribution < 1.29 is 18.7 Å². The molecule has 2 saturated heterocycles. The number of carbonyl (C=O) groups excluding carboxylic acids is 1. The van der Waals surface area contributed by atoms with Crippen LogP contribution in [0, 0.1) is 22.7 Å². The molecule has 35 heavy (non-hydrogen) atoms. The van der Waals surface area contributed by atoms with Crippen molar-refractivity contribution in [1.29, 1.82) is 10.8 Å². The van der Waals surface area contributed by atoms with Gasteiger partial charge in [0, 0.05) is 43.5 Å². The van der Waals surface area contributed by atoms with E-state index in [9.17, 15) is 14.4 Å². The molecular weight excluding hydrogens is 453 g/mol. The first-order chi connectivity index (χ1) is 17.0. The summed E-state index contributed by atoms with van der Waals surface area (Å²) < 4.78 is 25.7. The number of morpholine rings is 1. The van der Waals surface area contributed by atoms with E-state index >= 15 is 0 Å². The molecular formula is C24H26FN7O3. The monoisotopic (exact) mass is 479 g/mol. The Balaban J connectivity index is 1.33. The molecule has 11 heteroatoms. The summed E-state index contributed by atoms with van der Waals surface area (Å²) >= 11 is 0. The third-order valence-corrected chi connectivity index (χ3v) is 6.29. The van der Waals surface area contributed by atoms with E-state index < -0.39 is 11.9 Å². The second kappa shape index (κ2) is 11.0. The van der Waals surface area contributed by atoms with Gasteiger partial charge in [-0.3, -0.25) is 9.69 Å². The van der Waals surface area contributed by atoms with Crippen molar-refractivity contribution in [1.82, 2.24) is 9.80 Å². The van der Waals surface area contributed by atoms with Crippen molar-refractivity contribution >= 4 is 17.9 Å². The first-order valence-corrected chi connectivity index (χ1v) is 11.2. The third kappa shape index (κ3) is 5.62. The zero-order chi connectivity index (χ0) is 24.8. The summed E-state index contributed by atoms with van der Waals surface area (Å²) in [5.41, 5.74) is 8.92. The third-order valence-electron chi connectivity index (χ3n) is 6.29. The molecule has 0 spiro atoms. The number of hydrogen-bond donors (Lipinski definition) is 2. The maximum absolute atomic E-state index is 14.7. The summed E-state index contributed by atoms with van der Waals surface area (Å²) in [5, 5.41) is 18.5. The van der Waals surface area contributed by atoms with E-state index in [0.29, 0.717) is 44.8 Å². The lowest BCUT2D eigenvalue weighted by Gasteiger charge is -2.46. The topological polar surface area (TPSA) is 126 Å². The fraction of sp³-hybridized carbons (Fsp3) is 0.375. The van der Waals surface area contributed by atoms with Crippen molar-refractivity contribution in [2.45, 2.75) is 18.6 Å². The molecule has 2 aliphatic rings. The number of nitrogens with one attached hydrogen (secondary N) is 2. The largest absolute Gasteiger partial charge is 0.495 e. The van der Waals surface area contributed by atoms with Crippen molar-refractivity contribution in [3.63, 3.8) is 0 Å². The summed E-state index contributed by atoms with van der Waals surface area (Å²) in [6.07, 6.45) is 1.12. The van der Waals surface area contributed by atoms with Gasteiger partial charge < -0.3 is 19.7 Å². The molecule has 2 aliphatic heterocycles. The average molecular weight is 480 g/mol. The van der Waals surface area contributed by atoms with Crippen molar-refractivity contribution in [2.24, 2.45) is 10.3 Å². The lowest BCUT2D eigenvalue weighted by Crippen LogP contribution is -2.59. The number of anilines is 1. The Kier molecular flexibility index (Phi) is 7.64. The zero-order valence-corrected chi connectivity index (χ0v) is 19.3. The van der Waals surface area contributed by atoms with Crippen molar-refractivity contribution in [3.05, 3.63) is 58.9 Å². The summed E-state index contributed by atoms with van der Waals surface area (Å²) in [4.78, 5) is 17.0. The highest BCUT2D eigenvalue weighted by molar-refractivity contribution is 5.80. The molecule has 2 aromatic carbocycles. The Labute approximate surface area is 202 Å². The van der Waals surface area contributed by atoms with Crippen LogP contribution in [-0.2, 0) is 16.0 Å². The number of piperazine rings is 1. The van der Waals surface area contributed by atoms with Crippen molar-refractivity contribution in [3.8, 4) is 11.8 Å². The minimum Gasteiger partial charge on any atom is -0.495 e. The number of carbonyl (C=O) groups is 1. The van der Waals surface area contributed by atoms with Gasteiger partial charge in [0.2, 0.25) is 5.91 Å². The number of rotatable bonds is 7.